The third-order valence-corrected chi connectivity index (χ3v) is 4.85. The molecule has 0 amide bonds. The third kappa shape index (κ3) is 1.80. The van der Waals surface area contributed by atoms with Crippen molar-refractivity contribution < 1.29 is 14.3 Å². The molecule has 1 aromatic carbocycles. The molecule has 2 bridgehead atoms. The van der Waals surface area contributed by atoms with Crippen molar-refractivity contribution in [2.75, 3.05) is 13.7 Å². The number of esters is 1. The van der Waals surface area contributed by atoms with Crippen LogP contribution in [0.2, 0.25) is 0 Å². The van der Waals surface area contributed by atoms with Crippen LogP contribution in [0.3, 0.4) is 0 Å². The van der Waals surface area contributed by atoms with Crippen LogP contribution in [0, 0.1) is 5.92 Å². The summed E-state index contributed by atoms with van der Waals surface area (Å²) in [6.45, 7) is 7.24. The first-order chi connectivity index (χ1) is 9.38. The highest BCUT2D eigenvalue weighted by molar-refractivity contribution is 5.78. The van der Waals surface area contributed by atoms with Crippen LogP contribution in [0.1, 0.15) is 38.3 Å². The number of carbonyl (C=O) groups is 1. The SMILES string of the molecule is COC(=O)C1C2CC1(c1cccc(C(C)(C)C)c1)CO2. The number of fused-ring (bicyclic) bond motifs is 1. The molecule has 20 heavy (non-hydrogen) atoms. The zero-order valence-electron chi connectivity index (χ0n) is 12.6. The van der Waals surface area contributed by atoms with Crippen LogP contribution >= 0.6 is 0 Å². The lowest BCUT2D eigenvalue weighted by Crippen LogP contribution is -2.53. The molecule has 3 unspecified atom stereocenters. The van der Waals surface area contributed by atoms with Gasteiger partial charge in [-0.15, -0.1) is 0 Å². The summed E-state index contributed by atoms with van der Waals surface area (Å²) in [6.07, 6.45) is 0.973. The number of rotatable bonds is 2. The number of methoxy groups -OCH3 is 1. The number of benzene rings is 1. The molecule has 2 aliphatic heterocycles. The van der Waals surface area contributed by atoms with E-state index >= 15 is 0 Å². The fourth-order valence-corrected chi connectivity index (χ4v) is 3.54. The minimum Gasteiger partial charge on any atom is -0.469 e. The van der Waals surface area contributed by atoms with Crippen molar-refractivity contribution in [3.63, 3.8) is 0 Å². The predicted octanol–water partition coefficient (Wildman–Crippen LogP) is 2.81. The van der Waals surface area contributed by atoms with Gasteiger partial charge in [-0.2, -0.15) is 0 Å². The Kier molecular flexibility index (Phi) is 2.94. The summed E-state index contributed by atoms with van der Waals surface area (Å²) in [5.41, 5.74) is 2.45. The van der Waals surface area contributed by atoms with E-state index in [1.807, 2.05) is 0 Å². The van der Waals surface area contributed by atoms with Gasteiger partial charge in [-0.3, -0.25) is 4.79 Å². The summed E-state index contributed by atoms with van der Waals surface area (Å²) in [4.78, 5) is 12.0. The van der Waals surface area contributed by atoms with Crippen LogP contribution in [-0.2, 0) is 25.1 Å². The van der Waals surface area contributed by atoms with Gasteiger partial charge < -0.3 is 9.47 Å². The lowest BCUT2D eigenvalue weighted by Gasteiger charge is -2.43. The summed E-state index contributed by atoms with van der Waals surface area (Å²) < 4.78 is 10.7. The van der Waals surface area contributed by atoms with Crippen molar-refractivity contribution in [3.05, 3.63) is 35.4 Å². The maximum atomic E-state index is 12.0. The van der Waals surface area contributed by atoms with Crippen molar-refractivity contribution in [1.29, 1.82) is 0 Å². The zero-order chi connectivity index (χ0) is 14.5. The van der Waals surface area contributed by atoms with Crippen LogP contribution in [0.5, 0.6) is 0 Å². The van der Waals surface area contributed by atoms with Gasteiger partial charge in [-0.1, -0.05) is 45.0 Å². The van der Waals surface area contributed by atoms with E-state index < -0.39 is 0 Å². The number of hydrogen-bond acceptors (Lipinski definition) is 3. The van der Waals surface area contributed by atoms with E-state index in [2.05, 4.69) is 45.0 Å². The average molecular weight is 274 g/mol. The Morgan fingerprint density at radius 1 is 1.40 bits per heavy atom. The molecule has 0 radical (unpaired) electrons. The molecule has 4 rings (SSSR count). The summed E-state index contributed by atoms with van der Waals surface area (Å²) in [6, 6.07) is 8.60. The van der Waals surface area contributed by atoms with Crippen LogP contribution < -0.4 is 0 Å². The van der Waals surface area contributed by atoms with Gasteiger partial charge in [0.2, 0.25) is 0 Å². The van der Waals surface area contributed by atoms with E-state index in [9.17, 15) is 4.79 Å². The molecule has 1 aromatic rings. The topological polar surface area (TPSA) is 35.5 Å². The molecule has 3 heteroatoms. The first-order valence-electron chi connectivity index (χ1n) is 7.19. The van der Waals surface area contributed by atoms with Crippen molar-refractivity contribution in [2.24, 2.45) is 5.92 Å². The van der Waals surface area contributed by atoms with Crippen LogP contribution in [0.25, 0.3) is 0 Å². The van der Waals surface area contributed by atoms with E-state index in [-0.39, 0.29) is 28.8 Å². The van der Waals surface area contributed by atoms with Crippen LogP contribution in [0.4, 0.5) is 0 Å². The van der Waals surface area contributed by atoms with Crippen molar-refractivity contribution in [3.8, 4) is 0 Å². The molecule has 1 aliphatic carbocycles. The number of ether oxygens (including phenoxy) is 2. The number of carbonyl (C=O) groups excluding carboxylic acids is 1. The fraction of sp³-hybridized carbons (Fsp3) is 0.588. The van der Waals surface area contributed by atoms with E-state index in [0.717, 1.165) is 6.42 Å². The Hall–Kier alpha value is -1.35. The van der Waals surface area contributed by atoms with Crippen molar-refractivity contribution in [2.45, 2.75) is 44.1 Å². The fourth-order valence-electron chi connectivity index (χ4n) is 3.54. The highest BCUT2D eigenvalue weighted by Gasteiger charge is 2.65. The maximum absolute atomic E-state index is 12.0. The molecule has 108 valence electrons. The Bertz CT molecular complexity index is 539. The summed E-state index contributed by atoms with van der Waals surface area (Å²) in [7, 11) is 1.46. The standard InChI is InChI=1S/C17H22O3/c1-16(2,3)11-6-5-7-12(8-11)17-9-13(20-10-17)14(17)15(18)19-4/h5-8,13-14H,9-10H2,1-4H3. The van der Waals surface area contributed by atoms with Gasteiger partial charge in [0.25, 0.3) is 0 Å². The normalized spacial score (nSPS) is 31.8. The molecule has 0 aromatic heterocycles. The van der Waals surface area contributed by atoms with Gasteiger partial charge in [-0.05, 0) is 23.0 Å². The molecule has 0 N–H and O–H groups in total. The largest absolute Gasteiger partial charge is 0.469 e. The zero-order valence-corrected chi connectivity index (χ0v) is 12.6. The van der Waals surface area contributed by atoms with Crippen molar-refractivity contribution >= 4 is 5.97 Å². The highest BCUT2D eigenvalue weighted by atomic mass is 16.5. The van der Waals surface area contributed by atoms with Gasteiger partial charge in [0.1, 0.15) is 0 Å². The van der Waals surface area contributed by atoms with E-state index in [0.29, 0.717) is 6.61 Å². The molecule has 2 saturated heterocycles. The minimum absolute atomic E-state index is 0.0424. The highest BCUT2D eigenvalue weighted by Crippen LogP contribution is 2.57. The summed E-state index contributed by atoms with van der Waals surface area (Å²) in [5.74, 6) is -0.275. The second kappa shape index (κ2) is 4.32. The van der Waals surface area contributed by atoms with Gasteiger partial charge >= 0.3 is 5.97 Å². The average Bonchev–Trinajstić information content (AvgIpc) is 2.97. The lowest BCUT2D eigenvalue weighted by molar-refractivity contribution is -0.154. The maximum Gasteiger partial charge on any atom is 0.312 e. The van der Waals surface area contributed by atoms with Crippen molar-refractivity contribution in [1.82, 2.24) is 0 Å². The molecule has 0 spiro atoms. The Balaban J connectivity index is 1.99. The van der Waals surface area contributed by atoms with Gasteiger partial charge in [0, 0.05) is 5.41 Å². The minimum atomic E-state index is -0.168. The van der Waals surface area contributed by atoms with Gasteiger partial charge in [0.05, 0.1) is 25.7 Å². The van der Waals surface area contributed by atoms with Gasteiger partial charge in [-0.25, -0.2) is 0 Å². The van der Waals surface area contributed by atoms with E-state index in [4.69, 9.17) is 9.47 Å². The van der Waals surface area contributed by atoms with Crippen LogP contribution in [-0.4, -0.2) is 25.8 Å². The predicted molar refractivity (Wildman–Crippen MR) is 76.7 cm³/mol. The van der Waals surface area contributed by atoms with E-state index in [1.165, 1.54) is 18.2 Å². The quantitative estimate of drug-likeness (QED) is 0.778. The Morgan fingerprint density at radius 2 is 2.15 bits per heavy atom. The molecule has 1 saturated carbocycles. The molecule has 3 atom stereocenters. The third-order valence-electron chi connectivity index (χ3n) is 4.85. The molecule has 3 nitrogen and oxygen atoms in total. The molecule has 3 aliphatic rings. The first kappa shape index (κ1) is 13.6. The van der Waals surface area contributed by atoms with E-state index in [1.54, 1.807) is 0 Å². The first-order valence-corrected chi connectivity index (χ1v) is 7.19. The molecule has 2 heterocycles. The second-order valence-corrected chi connectivity index (χ2v) is 7.04. The Morgan fingerprint density at radius 3 is 2.75 bits per heavy atom. The van der Waals surface area contributed by atoms with Gasteiger partial charge in [0.15, 0.2) is 0 Å². The monoisotopic (exact) mass is 274 g/mol. The second-order valence-electron chi connectivity index (χ2n) is 7.04. The smallest absolute Gasteiger partial charge is 0.312 e. The summed E-state index contributed by atoms with van der Waals surface area (Å²) >= 11 is 0. The Labute approximate surface area is 120 Å². The lowest BCUT2D eigenvalue weighted by atomic mass is 9.57. The molecular formula is C17H22O3. The summed E-state index contributed by atoms with van der Waals surface area (Å²) in [5, 5.41) is 0. The van der Waals surface area contributed by atoms with Crippen LogP contribution in [0.15, 0.2) is 24.3 Å². The molecular weight excluding hydrogens is 252 g/mol. The molecule has 3 fully saturated rings. The number of hydrogen-bond donors (Lipinski definition) is 0.